The maximum absolute atomic E-state index is 12.4. The first-order valence-corrected chi connectivity index (χ1v) is 7.44. The van der Waals surface area contributed by atoms with Gasteiger partial charge < -0.3 is 19.2 Å². The normalized spacial score (nSPS) is 11.6. The summed E-state index contributed by atoms with van der Waals surface area (Å²) in [5, 5.41) is 11.9. The Hall–Kier alpha value is -3.46. The van der Waals surface area contributed by atoms with Gasteiger partial charge in [0.15, 0.2) is 0 Å². The van der Waals surface area contributed by atoms with Crippen molar-refractivity contribution in [2.75, 3.05) is 19.5 Å². The number of carbonyl (C=O) groups excluding carboxylic acids is 1. The lowest BCUT2D eigenvalue weighted by atomic mass is 10.1. The van der Waals surface area contributed by atoms with Gasteiger partial charge in [0, 0.05) is 6.07 Å². The molecule has 25 heavy (non-hydrogen) atoms. The Balaban J connectivity index is 2.20. The van der Waals surface area contributed by atoms with Crippen LogP contribution in [0.3, 0.4) is 0 Å². The quantitative estimate of drug-likeness (QED) is 0.492. The molecule has 0 aliphatic carbocycles. The van der Waals surface area contributed by atoms with Gasteiger partial charge in [-0.05, 0) is 48.9 Å². The molecule has 2 aromatic rings. The number of hydrogen-bond acceptors (Lipinski definition) is 5. The van der Waals surface area contributed by atoms with Crippen molar-refractivity contribution < 1.29 is 18.7 Å². The highest BCUT2D eigenvalue weighted by atomic mass is 16.5. The van der Waals surface area contributed by atoms with Gasteiger partial charge in [-0.25, -0.2) is 0 Å². The highest BCUT2D eigenvalue weighted by Crippen LogP contribution is 2.29. The van der Waals surface area contributed by atoms with Gasteiger partial charge in [-0.2, -0.15) is 5.26 Å². The number of amides is 1. The van der Waals surface area contributed by atoms with Gasteiger partial charge in [0.2, 0.25) is 0 Å². The number of nitrogens with one attached hydrogen (secondary N) is 1. The van der Waals surface area contributed by atoms with Crippen molar-refractivity contribution >= 4 is 17.7 Å². The molecule has 128 valence electrons. The van der Waals surface area contributed by atoms with Crippen molar-refractivity contribution in [2.45, 2.75) is 6.92 Å². The molecule has 2 rings (SSSR count). The Morgan fingerprint density at radius 1 is 1.28 bits per heavy atom. The van der Waals surface area contributed by atoms with E-state index in [0.717, 1.165) is 0 Å². The average molecular weight is 338 g/mol. The number of methoxy groups -OCH3 is 2. The molecule has 0 aliphatic heterocycles. The fraction of sp³-hybridized carbons (Fsp3) is 0.158. The van der Waals surface area contributed by atoms with Crippen LogP contribution >= 0.6 is 0 Å². The molecule has 6 heteroatoms. The van der Waals surface area contributed by atoms with E-state index in [9.17, 15) is 10.1 Å². The van der Waals surface area contributed by atoms with Crippen LogP contribution in [0.2, 0.25) is 0 Å². The second kappa shape index (κ2) is 8.41. The summed E-state index contributed by atoms with van der Waals surface area (Å²) in [6.45, 7) is 1.78. The van der Waals surface area contributed by atoms with E-state index in [0.29, 0.717) is 28.5 Å². The molecule has 1 aromatic carbocycles. The van der Waals surface area contributed by atoms with E-state index < -0.39 is 5.91 Å². The molecule has 0 bridgehead atoms. The SMILES string of the molecule is COc1ccc(NC(=O)C(C#N)=CC(C)=Cc2ccco2)c(OC)c1. The highest BCUT2D eigenvalue weighted by molar-refractivity contribution is 6.07. The minimum Gasteiger partial charge on any atom is -0.497 e. The second-order valence-corrected chi connectivity index (χ2v) is 5.09. The van der Waals surface area contributed by atoms with E-state index in [1.165, 1.54) is 20.3 Å². The van der Waals surface area contributed by atoms with Crippen molar-refractivity contribution in [3.05, 3.63) is 59.6 Å². The fourth-order valence-electron chi connectivity index (χ4n) is 2.11. The fourth-order valence-corrected chi connectivity index (χ4v) is 2.11. The summed E-state index contributed by atoms with van der Waals surface area (Å²) in [5.74, 6) is 1.15. The van der Waals surface area contributed by atoms with Gasteiger partial charge in [-0.15, -0.1) is 0 Å². The van der Waals surface area contributed by atoms with E-state index in [-0.39, 0.29) is 5.57 Å². The van der Waals surface area contributed by atoms with Crippen LogP contribution in [0.25, 0.3) is 6.08 Å². The zero-order valence-electron chi connectivity index (χ0n) is 14.2. The van der Waals surface area contributed by atoms with Crippen LogP contribution in [0.4, 0.5) is 5.69 Å². The summed E-state index contributed by atoms with van der Waals surface area (Å²) >= 11 is 0. The van der Waals surface area contributed by atoms with Crippen molar-refractivity contribution in [1.29, 1.82) is 5.26 Å². The Morgan fingerprint density at radius 3 is 2.68 bits per heavy atom. The Bertz CT molecular complexity index is 843. The summed E-state index contributed by atoms with van der Waals surface area (Å²) in [6, 6.07) is 10.4. The number of nitrogens with zero attached hydrogens (tertiary/aromatic N) is 1. The summed E-state index contributed by atoms with van der Waals surface area (Å²) in [4.78, 5) is 12.4. The lowest BCUT2D eigenvalue weighted by Gasteiger charge is -2.11. The first-order valence-electron chi connectivity index (χ1n) is 7.44. The van der Waals surface area contributed by atoms with Gasteiger partial charge in [0.05, 0.1) is 26.2 Å². The lowest BCUT2D eigenvalue weighted by molar-refractivity contribution is -0.112. The minimum atomic E-state index is -0.529. The first-order chi connectivity index (χ1) is 12.1. The van der Waals surface area contributed by atoms with Crippen molar-refractivity contribution in [1.82, 2.24) is 0 Å². The molecule has 0 aliphatic rings. The number of nitriles is 1. The Labute approximate surface area is 146 Å². The summed E-state index contributed by atoms with van der Waals surface area (Å²) in [6.07, 6.45) is 4.78. The van der Waals surface area contributed by atoms with E-state index in [1.54, 1.807) is 49.6 Å². The third kappa shape index (κ3) is 4.75. The maximum atomic E-state index is 12.4. The number of allylic oxidation sites excluding steroid dienone is 2. The molecule has 0 fully saturated rings. The molecule has 1 heterocycles. The largest absolute Gasteiger partial charge is 0.497 e. The van der Waals surface area contributed by atoms with Crippen LogP contribution in [0.1, 0.15) is 12.7 Å². The van der Waals surface area contributed by atoms with Crippen molar-refractivity contribution in [3.63, 3.8) is 0 Å². The molecule has 1 aromatic heterocycles. The molecule has 0 saturated heterocycles. The minimum absolute atomic E-state index is 0.0295. The van der Waals surface area contributed by atoms with Gasteiger partial charge in [0.25, 0.3) is 5.91 Å². The summed E-state index contributed by atoms with van der Waals surface area (Å²) < 4.78 is 15.6. The Kier molecular flexibility index (Phi) is 6.02. The summed E-state index contributed by atoms with van der Waals surface area (Å²) in [7, 11) is 3.03. The summed E-state index contributed by atoms with van der Waals surface area (Å²) in [5.41, 5.74) is 1.13. The zero-order valence-corrected chi connectivity index (χ0v) is 14.2. The molecular weight excluding hydrogens is 320 g/mol. The van der Waals surface area contributed by atoms with Crippen LogP contribution in [0.5, 0.6) is 11.5 Å². The number of carbonyl (C=O) groups is 1. The van der Waals surface area contributed by atoms with Crippen LogP contribution in [-0.2, 0) is 4.79 Å². The number of benzene rings is 1. The number of hydrogen-bond donors (Lipinski definition) is 1. The second-order valence-electron chi connectivity index (χ2n) is 5.09. The smallest absolute Gasteiger partial charge is 0.266 e. The molecule has 0 spiro atoms. The van der Waals surface area contributed by atoms with Gasteiger partial charge >= 0.3 is 0 Å². The van der Waals surface area contributed by atoms with E-state index in [4.69, 9.17) is 13.9 Å². The highest BCUT2D eigenvalue weighted by Gasteiger charge is 2.13. The first kappa shape index (κ1) is 17.9. The lowest BCUT2D eigenvalue weighted by Crippen LogP contribution is -2.14. The number of ether oxygens (including phenoxy) is 2. The predicted octanol–water partition coefficient (Wildman–Crippen LogP) is 3.79. The van der Waals surface area contributed by atoms with Gasteiger partial charge in [-0.3, -0.25) is 4.79 Å². The van der Waals surface area contributed by atoms with Crippen LogP contribution in [0.15, 0.2) is 58.2 Å². The molecule has 6 nitrogen and oxygen atoms in total. The van der Waals surface area contributed by atoms with Gasteiger partial charge in [-0.1, -0.05) is 0 Å². The zero-order chi connectivity index (χ0) is 18.2. The topological polar surface area (TPSA) is 84.5 Å². The average Bonchev–Trinajstić information content (AvgIpc) is 3.12. The van der Waals surface area contributed by atoms with Crippen LogP contribution < -0.4 is 14.8 Å². The van der Waals surface area contributed by atoms with Crippen LogP contribution in [-0.4, -0.2) is 20.1 Å². The molecular formula is C19H18N2O4. The molecule has 0 unspecified atom stereocenters. The molecule has 1 N–H and O–H groups in total. The van der Waals surface area contributed by atoms with E-state index in [2.05, 4.69) is 5.32 Å². The third-order valence-corrected chi connectivity index (χ3v) is 3.31. The monoisotopic (exact) mass is 338 g/mol. The van der Waals surface area contributed by atoms with E-state index in [1.807, 2.05) is 6.07 Å². The number of rotatable bonds is 6. The van der Waals surface area contributed by atoms with Crippen molar-refractivity contribution in [2.24, 2.45) is 0 Å². The predicted molar refractivity (Wildman–Crippen MR) is 94.2 cm³/mol. The van der Waals surface area contributed by atoms with E-state index >= 15 is 0 Å². The number of anilines is 1. The molecule has 0 atom stereocenters. The van der Waals surface area contributed by atoms with Gasteiger partial charge in [0.1, 0.15) is 28.9 Å². The van der Waals surface area contributed by atoms with Crippen molar-refractivity contribution in [3.8, 4) is 17.6 Å². The standard InChI is InChI=1S/C19H18N2O4/c1-13(10-16-5-4-8-25-16)9-14(12-20)19(22)21-17-7-6-15(23-2)11-18(17)24-3/h4-11H,1-3H3,(H,21,22). The molecule has 1 amide bonds. The van der Waals surface area contributed by atoms with Crippen LogP contribution in [0, 0.1) is 11.3 Å². The number of furan rings is 1. The Morgan fingerprint density at radius 2 is 2.08 bits per heavy atom. The molecule has 0 radical (unpaired) electrons. The third-order valence-electron chi connectivity index (χ3n) is 3.31. The molecule has 0 saturated carbocycles. The maximum Gasteiger partial charge on any atom is 0.266 e.